The monoisotopic (exact) mass is 275 g/mol. The maximum Gasteiger partial charge on any atom is 0.316 e. The Kier molecular flexibility index (Phi) is 5.01. The van der Waals surface area contributed by atoms with Crippen molar-refractivity contribution in [2.45, 2.75) is 51.6 Å². The summed E-state index contributed by atoms with van der Waals surface area (Å²) in [4.78, 5) is 10.8. The topological polar surface area (TPSA) is 67.2 Å². The highest BCUT2D eigenvalue weighted by Crippen LogP contribution is 2.26. The molecular weight excluding hydrogens is 250 g/mol. The van der Waals surface area contributed by atoms with Crippen LogP contribution in [0.15, 0.2) is 24.3 Å². The van der Waals surface area contributed by atoms with Crippen LogP contribution in [0.4, 0.5) is 10.5 Å². The minimum Gasteiger partial charge on any atom is -0.351 e. The molecule has 0 heterocycles. The van der Waals surface area contributed by atoms with E-state index in [1.807, 2.05) is 24.3 Å². The Bertz CT molecular complexity index is 444. The predicted octanol–water partition coefficient (Wildman–Crippen LogP) is 3.41. The molecule has 3 unspecified atom stereocenters. The van der Waals surface area contributed by atoms with E-state index in [1.165, 1.54) is 31.2 Å². The van der Waals surface area contributed by atoms with Gasteiger partial charge in [-0.05, 0) is 43.4 Å². The number of urea groups is 1. The van der Waals surface area contributed by atoms with E-state index in [0.29, 0.717) is 12.1 Å². The summed E-state index contributed by atoms with van der Waals surface area (Å²) in [6.45, 7) is 4.53. The van der Waals surface area contributed by atoms with Crippen LogP contribution >= 0.6 is 0 Å². The maximum atomic E-state index is 10.8. The molecule has 1 aromatic rings. The highest BCUT2D eigenvalue weighted by Gasteiger charge is 2.20. The second kappa shape index (κ2) is 6.75. The van der Waals surface area contributed by atoms with Crippen molar-refractivity contribution in [3.63, 3.8) is 0 Å². The number of rotatable bonds is 4. The van der Waals surface area contributed by atoms with Crippen molar-refractivity contribution in [3.8, 4) is 0 Å². The van der Waals surface area contributed by atoms with Crippen molar-refractivity contribution in [2.75, 3.05) is 5.32 Å². The number of benzene rings is 1. The van der Waals surface area contributed by atoms with Crippen LogP contribution in [0, 0.1) is 5.92 Å². The standard InChI is InChI=1S/C16H25N3O/c1-11-4-3-5-15(10-11)18-12(2)13-6-8-14(9-7-13)19-16(17)20/h6-9,11-12,15,18H,3-5,10H2,1-2H3,(H3,17,19,20). The Hall–Kier alpha value is -1.55. The highest BCUT2D eigenvalue weighted by atomic mass is 16.2. The molecule has 4 heteroatoms. The zero-order chi connectivity index (χ0) is 14.5. The fourth-order valence-corrected chi connectivity index (χ4v) is 3.03. The number of primary amides is 1. The summed E-state index contributed by atoms with van der Waals surface area (Å²) < 4.78 is 0. The molecule has 1 aromatic carbocycles. The fourth-order valence-electron chi connectivity index (χ4n) is 3.03. The summed E-state index contributed by atoms with van der Waals surface area (Å²) in [6, 6.07) is 8.28. The van der Waals surface area contributed by atoms with Crippen molar-refractivity contribution in [3.05, 3.63) is 29.8 Å². The van der Waals surface area contributed by atoms with Gasteiger partial charge >= 0.3 is 6.03 Å². The van der Waals surface area contributed by atoms with Crippen LogP contribution in [0.1, 0.15) is 51.1 Å². The lowest BCUT2D eigenvalue weighted by molar-refractivity contribution is 0.259. The van der Waals surface area contributed by atoms with Crippen molar-refractivity contribution in [1.29, 1.82) is 0 Å². The first kappa shape index (κ1) is 14.9. The molecule has 0 bridgehead atoms. The van der Waals surface area contributed by atoms with Gasteiger partial charge in [0.05, 0.1) is 0 Å². The second-order valence-electron chi connectivity index (χ2n) is 5.97. The number of carbonyl (C=O) groups excluding carboxylic acids is 1. The summed E-state index contributed by atoms with van der Waals surface area (Å²) in [5, 5.41) is 6.29. The van der Waals surface area contributed by atoms with Crippen LogP contribution in [-0.4, -0.2) is 12.1 Å². The smallest absolute Gasteiger partial charge is 0.316 e. The average Bonchev–Trinajstić information content (AvgIpc) is 2.38. The molecule has 1 saturated carbocycles. The first-order chi connectivity index (χ1) is 9.54. The molecule has 1 aliphatic carbocycles. The van der Waals surface area contributed by atoms with Gasteiger partial charge in [-0.3, -0.25) is 0 Å². The molecule has 2 rings (SSSR count). The molecule has 3 atom stereocenters. The van der Waals surface area contributed by atoms with Gasteiger partial charge in [0, 0.05) is 17.8 Å². The largest absolute Gasteiger partial charge is 0.351 e. The maximum absolute atomic E-state index is 10.8. The highest BCUT2D eigenvalue weighted by molar-refractivity contribution is 5.87. The molecule has 1 aliphatic rings. The van der Waals surface area contributed by atoms with E-state index in [1.54, 1.807) is 0 Å². The van der Waals surface area contributed by atoms with Gasteiger partial charge in [-0.15, -0.1) is 0 Å². The molecule has 4 nitrogen and oxygen atoms in total. The van der Waals surface area contributed by atoms with Gasteiger partial charge in [0.1, 0.15) is 0 Å². The van der Waals surface area contributed by atoms with Crippen LogP contribution < -0.4 is 16.4 Å². The van der Waals surface area contributed by atoms with E-state index in [0.717, 1.165) is 11.6 Å². The number of carbonyl (C=O) groups is 1. The fraction of sp³-hybridized carbons (Fsp3) is 0.562. The van der Waals surface area contributed by atoms with Crippen molar-refractivity contribution >= 4 is 11.7 Å². The molecule has 2 amide bonds. The van der Waals surface area contributed by atoms with Crippen LogP contribution in [0.2, 0.25) is 0 Å². The normalized spacial score (nSPS) is 24.1. The van der Waals surface area contributed by atoms with Gasteiger partial charge in [0.2, 0.25) is 0 Å². The third-order valence-corrected chi connectivity index (χ3v) is 4.10. The Morgan fingerprint density at radius 1 is 1.30 bits per heavy atom. The summed E-state index contributed by atoms with van der Waals surface area (Å²) in [5.41, 5.74) is 7.07. The van der Waals surface area contributed by atoms with Gasteiger partial charge in [-0.25, -0.2) is 4.79 Å². The summed E-state index contributed by atoms with van der Waals surface area (Å²) >= 11 is 0. The third kappa shape index (κ3) is 4.23. The zero-order valence-corrected chi connectivity index (χ0v) is 12.4. The minimum atomic E-state index is -0.528. The van der Waals surface area contributed by atoms with E-state index in [9.17, 15) is 4.79 Å². The number of nitrogens with two attached hydrogens (primary N) is 1. The van der Waals surface area contributed by atoms with Crippen LogP contribution in [-0.2, 0) is 0 Å². The lowest BCUT2D eigenvalue weighted by Gasteiger charge is -2.30. The number of hydrogen-bond acceptors (Lipinski definition) is 2. The molecule has 0 aliphatic heterocycles. The lowest BCUT2D eigenvalue weighted by atomic mass is 9.86. The van der Waals surface area contributed by atoms with Crippen molar-refractivity contribution in [2.24, 2.45) is 11.7 Å². The van der Waals surface area contributed by atoms with E-state index in [4.69, 9.17) is 5.73 Å². The van der Waals surface area contributed by atoms with Gasteiger partial charge in [0.15, 0.2) is 0 Å². The van der Waals surface area contributed by atoms with Gasteiger partial charge in [0.25, 0.3) is 0 Å². The number of hydrogen-bond donors (Lipinski definition) is 3. The molecule has 0 saturated heterocycles. The molecule has 1 fully saturated rings. The van der Waals surface area contributed by atoms with E-state index >= 15 is 0 Å². The van der Waals surface area contributed by atoms with E-state index < -0.39 is 6.03 Å². The summed E-state index contributed by atoms with van der Waals surface area (Å²) in [5.74, 6) is 0.829. The molecule has 0 spiro atoms. The number of amides is 2. The number of anilines is 1. The Morgan fingerprint density at radius 3 is 2.60 bits per heavy atom. The van der Waals surface area contributed by atoms with Gasteiger partial charge in [-0.2, -0.15) is 0 Å². The average molecular weight is 275 g/mol. The summed E-state index contributed by atoms with van der Waals surface area (Å²) in [7, 11) is 0. The molecule has 4 N–H and O–H groups in total. The lowest BCUT2D eigenvalue weighted by Crippen LogP contribution is -2.35. The molecular formula is C16H25N3O. The minimum absolute atomic E-state index is 0.327. The van der Waals surface area contributed by atoms with Crippen LogP contribution in [0.25, 0.3) is 0 Å². The van der Waals surface area contributed by atoms with Crippen molar-refractivity contribution in [1.82, 2.24) is 5.32 Å². The number of nitrogens with one attached hydrogen (secondary N) is 2. The zero-order valence-electron chi connectivity index (χ0n) is 12.4. The first-order valence-corrected chi connectivity index (χ1v) is 7.47. The summed E-state index contributed by atoms with van der Waals surface area (Å²) in [6.07, 6.45) is 5.23. The third-order valence-electron chi connectivity index (χ3n) is 4.10. The Balaban J connectivity index is 1.91. The molecule has 0 aromatic heterocycles. The quantitative estimate of drug-likeness (QED) is 0.788. The van der Waals surface area contributed by atoms with Crippen LogP contribution in [0.3, 0.4) is 0 Å². The first-order valence-electron chi connectivity index (χ1n) is 7.47. The molecule has 20 heavy (non-hydrogen) atoms. The van der Waals surface area contributed by atoms with Crippen molar-refractivity contribution < 1.29 is 4.79 Å². The van der Waals surface area contributed by atoms with E-state index in [-0.39, 0.29) is 0 Å². The molecule has 0 radical (unpaired) electrons. The van der Waals surface area contributed by atoms with E-state index in [2.05, 4.69) is 24.5 Å². The van der Waals surface area contributed by atoms with Gasteiger partial charge < -0.3 is 16.4 Å². The van der Waals surface area contributed by atoms with Gasteiger partial charge in [-0.1, -0.05) is 31.9 Å². The Morgan fingerprint density at radius 2 is 2.00 bits per heavy atom. The predicted molar refractivity (Wildman–Crippen MR) is 82.6 cm³/mol. The second-order valence-corrected chi connectivity index (χ2v) is 5.97. The van der Waals surface area contributed by atoms with Crippen LogP contribution in [0.5, 0.6) is 0 Å². The SMILES string of the molecule is CC1CCCC(NC(C)c2ccc(NC(N)=O)cc2)C1. The molecule has 110 valence electrons. The Labute approximate surface area is 121 Å².